The number of hydrogen-bond donors (Lipinski definition) is 1. The summed E-state index contributed by atoms with van der Waals surface area (Å²) in [6.45, 7) is 12.3. The molecule has 0 fully saturated rings. The molecule has 132 valence electrons. The standard InChI is InChI=1S/C20H31N3O/c1-6-23(7-2)13-9-10-16(4)22-19-15(3)14-21-20-17(19)11-8-12-18(20)24-5/h8,11-12,14,16H,6-7,9-10,13H2,1-5H3,(H,21,22). The average molecular weight is 329 g/mol. The summed E-state index contributed by atoms with van der Waals surface area (Å²) in [7, 11) is 1.69. The fourth-order valence-corrected chi connectivity index (χ4v) is 3.13. The molecule has 0 bridgehead atoms. The van der Waals surface area contributed by atoms with Crippen LogP contribution in [0.3, 0.4) is 0 Å². The first kappa shape index (κ1) is 18.5. The molecular formula is C20H31N3O. The quantitative estimate of drug-likeness (QED) is 0.736. The first-order valence-corrected chi connectivity index (χ1v) is 9.01. The van der Waals surface area contributed by atoms with Crippen molar-refractivity contribution in [2.24, 2.45) is 0 Å². The van der Waals surface area contributed by atoms with Gasteiger partial charge in [0, 0.05) is 23.3 Å². The van der Waals surface area contributed by atoms with Gasteiger partial charge in [0.1, 0.15) is 11.3 Å². The topological polar surface area (TPSA) is 37.4 Å². The van der Waals surface area contributed by atoms with Crippen LogP contribution in [0.5, 0.6) is 5.75 Å². The Morgan fingerprint density at radius 1 is 1.25 bits per heavy atom. The van der Waals surface area contributed by atoms with Crippen molar-refractivity contribution in [3.05, 3.63) is 30.0 Å². The maximum Gasteiger partial charge on any atom is 0.145 e. The second-order valence-electron chi connectivity index (χ2n) is 6.39. The van der Waals surface area contributed by atoms with Crippen LogP contribution in [0.4, 0.5) is 5.69 Å². The van der Waals surface area contributed by atoms with Crippen LogP contribution in [-0.4, -0.2) is 42.7 Å². The lowest BCUT2D eigenvalue weighted by Gasteiger charge is -2.22. The van der Waals surface area contributed by atoms with Gasteiger partial charge in [-0.2, -0.15) is 0 Å². The number of nitrogens with zero attached hydrogens (tertiary/aromatic N) is 2. The van der Waals surface area contributed by atoms with Gasteiger partial charge < -0.3 is 15.0 Å². The molecule has 0 aliphatic carbocycles. The molecule has 0 aliphatic heterocycles. The maximum absolute atomic E-state index is 5.45. The highest BCUT2D eigenvalue weighted by atomic mass is 16.5. The number of fused-ring (bicyclic) bond motifs is 1. The van der Waals surface area contributed by atoms with E-state index in [1.54, 1.807) is 7.11 Å². The van der Waals surface area contributed by atoms with Gasteiger partial charge in [-0.15, -0.1) is 0 Å². The van der Waals surface area contributed by atoms with E-state index in [0.29, 0.717) is 6.04 Å². The molecular weight excluding hydrogens is 298 g/mol. The van der Waals surface area contributed by atoms with Crippen LogP contribution < -0.4 is 10.1 Å². The molecule has 1 aromatic carbocycles. The number of anilines is 1. The summed E-state index contributed by atoms with van der Waals surface area (Å²) >= 11 is 0. The Morgan fingerprint density at radius 2 is 2.00 bits per heavy atom. The fraction of sp³-hybridized carbons (Fsp3) is 0.550. The monoisotopic (exact) mass is 329 g/mol. The number of hydrogen-bond acceptors (Lipinski definition) is 4. The highest BCUT2D eigenvalue weighted by Crippen LogP contribution is 2.31. The molecule has 2 aromatic rings. The Hall–Kier alpha value is -1.81. The molecule has 0 amide bonds. The van der Waals surface area contributed by atoms with Crippen molar-refractivity contribution in [1.82, 2.24) is 9.88 Å². The second-order valence-corrected chi connectivity index (χ2v) is 6.39. The van der Waals surface area contributed by atoms with Crippen LogP contribution in [0.2, 0.25) is 0 Å². The number of para-hydroxylation sites is 1. The van der Waals surface area contributed by atoms with Crippen molar-refractivity contribution in [2.45, 2.75) is 46.6 Å². The number of ether oxygens (including phenoxy) is 1. The number of nitrogens with one attached hydrogen (secondary N) is 1. The molecule has 1 unspecified atom stereocenters. The molecule has 0 radical (unpaired) electrons. The van der Waals surface area contributed by atoms with Crippen molar-refractivity contribution >= 4 is 16.6 Å². The van der Waals surface area contributed by atoms with E-state index in [-0.39, 0.29) is 0 Å². The van der Waals surface area contributed by atoms with Crippen LogP contribution in [0, 0.1) is 6.92 Å². The van der Waals surface area contributed by atoms with Gasteiger partial charge in [0.2, 0.25) is 0 Å². The first-order valence-electron chi connectivity index (χ1n) is 9.01. The molecule has 0 aliphatic rings. The number of rotatable bonds is 9. The molecule has 4 nitrogen and oxygen atoms in total. The Kier molecular flexibility index (Phi) is 6.85. The van der Waals surface area contributed by atoms with Gasteiger partial charge >= 0.3 is 0 Å². The molecule has 1 N–H and O–H groups in total. The summed E-state index contributed by atoms with van der Waals surface area (Å²) in [5, 5.41) is 4.83. The third kappa shape index (κ3) is 4.38. The molecule has 0 spiro atoms. The summed E-state index contributed by atoms with van der Waals surface area (Å²) < 4.78 is 5.45. The lowest BCUT2D eigenvalue weighted by molar-refractivity contribution is 0.295. The third-order valence-electron chi connectivity index (χ3n) is 4.67. The van der Waals surface area contributed by atoms with Crippen LogP contribution in [0.15, 0.2) is 24.4 Å². The van der Waals surface area contributed by atoms with Gasteiger partial charge in [0.05, 0.1) is 7.11 Å². The zero-order chi connectivity index (χ0) is 17.5. The van der Waals surface area contributed by atoms with Crippen molar-refractivity contribution in [3.8, 4) is 5.75 Å². The highest BCUT2D eigenvalue weighted by Gasteiger charge is 2.12. The third-order valence-corrected chi connectivity index (χ3v) is 4.67. The molecule has 24 heavy (non-hydrogen) atoms. The lowest BCUT2D eigenvalue weighted by atomic mass is 10.1. The Balaban J connectivity index is 2.10. The summed E-state index contributed by atoms with van der Waals surface area (Å²) in [5.41, 5.74) is 3.27. The van der Waals surface area contributed by atoms with Crippen molar-refractivity contribution in [1.29, 1.82) is 0 Å². The van der Waals surface area contributed by atoms with E-state index in [0.717, 1.165) is 36.2 Å². The summed E-state index contributed by atoms with van der Waals surface area (Å²) in [6, 6.07) is 6.53. The molecule has 4 heteroatoms. The van der Waals surface area contributed by atoms with Gasteiger partial charge in [-0.25, -0.2) is 0 Å². The predicted molar refractivity (Wildman–Crippen MR) is 103 cm³/mol. The summed E-state index contributed by atoms with van der Waals surface area (Å²) in [6.07, 6.45) is 4.29. The molecule has 2 rings (SSSR count). The molecule has 1 atom stereocenters. The van der Waals surface area contributed by atoms with Crippen LogP contribution in [-0.2, 0) is 0 Å². The zero-order valence-electron chi connectivity index (χ0n) is 15.7. The number of pyridine rings is 1. The molecule has 1 aromatic heterocycles. The number of benzene rings is 1. The SMILES string of the molecule is CCN(CC)CCCC(C)Nc1c(C)cnc2c(OC)cccc12. The molecule has 0 saturated carbocycles. The van der Waals surface area contributed by atoms with Gasteiger partial charge in [-0.3, -0.25) is 4.98 Å². The summed E-state index contributed by atoms with van der Waals surface area (Å²) in [4.78, 5) is 7.03. The van der Waals surface area contributed by atoms with E-state index < -0.39 is 0 Å². The minimum atomic E-state index is 0.427. The van der Waals surface area contributed by atoms with E-state index in [9.17, 15) is 0 Å². The number of aryl methyl sites for hydroxylation is 1. The van der Waals surface area contributed by atoms with E-state index in [1.165, 1.54) is 24.2 Å². The van der Waals surface area contributed by atoms with Gasteiger partial charge in [0.25, 0.3) is 0 Å². The Bertz CT molecular complexity index is 653. The first-order chi connectivity index (χ1) is 11.6. The largest absolute Gasteiger partial charge is 0.494 e. The second kappa shape index (κ2) is 8.88. The van der Waals surface area contributed by atoms with E-state index in [4.69, 9.17) is 4.74 Å². The normalized spacial score (nSPS) is 12.6. The van der Waals surface area contributed by atoms with Crippen molar-refractivity contribution in [3.63, 3.8) is 0 Å². The van der Waals surface area contributed by atoms with Crippen LogP contribution in [0.25, 0.3) is 10.9 Å². The van der Waals surface area contributed by atoms with Crippen molar-refractivity contribution < 1.29 is 4.74 Å². The Morgan fingerprint density at radius 3 is 2.67 bits per heavy atom. The minimum Gasteiger partial charge on any atom is -0.494 e. The Labute approximate surface area is 146 Å². The lowest BCUT2D eigenvalue weighted by Crippen LogP contribution is -2.25. The highest BCUT2D eigenvalue weighted by molar-refractivity contribution is 5.96. The van der Waals surface area contributed by atoms with Gasteiger partial charge in [-0.1, -0.05) is 26.0 Å². The fourth-order valence-electron chi connectivity index (χ4n) is 3.13. The molecule has 0 saturated heterocycles. The number of aromatic nitrogens is 1. The van der Waals surface area contributed by atoms with E-state index in [2.05, 4.69) is 49.0 Å². The smallest absolute Gasteiger partial charge is 0.145 e. The predicted octanol–water partition coefficient (Wildman–Crippen LogP) is 4.47. The van der Waals surface area contributed by atoms with E-state index in [1.807, 2.05) is 18.3 Å². The van der Waals surface area contributed by atoms with Crippen molar-refractivity contribution in [2.75, 3.05) is 32.1 Å². The van der Waals surface area contributed by atoms with Gasteiger partial charge in [0.15, 0.2) is 0 Å². The summed E-state index contributed by atoms with van der Waals surface area (Å²) in [5.74, 6) is 0.824. The van der Waals surface area contributed by atoms with Gasteiger partial charge in [-0.05, 0) is 58.0 Å². The van der Waals surface area contributed by atoms with Crippen LogP contribution in [0.1, 0.15) is 39.2 Å². The minimum absolute atomic E-state index is 0.427. The number of methoxy groups -OCH3 is 1. The van der Waals surface area contributed by atoms with E-state index >= 15 is 0 Å². The molecule has 1 heterocycles. The maximum atomic E-state index is 5.45. The van der Waals surface area contributed by atoms with Crippen LogP contribution >= 0.6 is 0 Å². The average Bonchev–Trinajstić information content (AvgIpc) is 2.60. The zero-order valence-corrected chi connectivity index (χ0v) is 15.7.